The third-order valence-electron chi connectivity index (χ3n) is 3.80. The molecule has 8 heteroatoms. The number of carbonyl (C=O) groups excluding carboxylic acids is 1. The lowest BCUT2D eigenvalue weighted by molar-refractivity contribution is -0.384. The van der Waals surface area contributed by atoms with Crippen molar-refractivity contribution in [2.45, 2.75) is 19.8 Å². The first-order chi connectivity index (χ1) is 10.9. The Morgan fingerprint density at radius 3 is 2.83 bits per heavy atom. The minimum atomic E-state index is -1.23. The van der Waals surface area contributed by atoms with Crippen LogP contribution in [-0.2, 0) is 9.53 Å². The van der Waals surface area contributed by atoms with Gasteiger partial charge in [0, 0.05) is 25.2 Å². The highest BCUT2D eigenvalue weighted by Crippen LogP contribution is 2.29. The second-order valence-electron chi connectivity index (χ2n) is 5.30. The zero-order valence-corrected chi connectivity index (χ0v) is 12.7. The molecule has 2 rings (SSSR count). The maximum Gasteiger partial charge on any atom is 0.338 e. The average molecular weight is 322 g/mol. The Morgan fingerprint density at radius 2 is 2.22 bits per heavy atom. The summed E-state index contributed by atoms with van der Waals surface area (Å²) in [6.45, 7) is 2.97. The summed E-state index contributed by atoms with van der Waals surface area (Å²) in [6, 6.07) is 3.75. The molecule has 1 heterocycles. The van der Waals surface area contributed by atoms with Gasteiger partial charge in [-0.1, -0.05) is 0 Å². The summed E-state index contributed by atoms with van der Waals surface area (Å²) in [5.41, 5.74) is -0.0223. The molecule has 1 N–H and O–H groups in total. The number of carbonyl (C=O) groups is 2. The number of carboxylic acid groups (broad SMARTS) is 1. The molecular formula is C15H18N2O6. The van der Waals surface area contributed by atoms with Gasteiger partial charge in [-0.15, -0.1) is 0 Å². The van der Waals surface area contributed by atoms with Crippen LogP contribution in [0.15, 0.2) is 18.2 Å². The zero-order valence-electron chi connectivity index (χ0n) is 12.7. The average Bonchev–Trinajstić information content (AvgIpc) is 2.54. The van der Waals surface area contributed by atoms with Gasteiger partial charge in [-0.2, -0.15) is 0 Å². The van der Waals surface area contributed by atoms with E-state index in [0.717, 1.165) is 12.5 Å². The van der Waals surface area contributed by atoms with E-state index in [2.05, 4.69) is 0 Å². The van der Waals surface area contributed by atoms with Crippen LogP contribution in [0.4, 0.5) is 11.4 Å². The van der Waals surface area contributed by atoms with E-state index in [0.29, 0.717) is 31.8 Å². The molecule has 8 nitrogen and oxygen atoms in total. The van der Waals surface area contributed by atoms with Gasteiger partial charge in [-0.05, 0) is 25.8 Å². The molecule has 1 aliphatic heterocycles. The van der Waals surface area contributed by atoms with Gasteiger partial charge in [0.05, 0.1) is 28.7 Å². The number of carboxylic acids is 1. The van der Waals surface area contributed by atoms with Gasteiger partial charge in [0.25, 0.3) is 5.69 Å². The molecule has 0 bridgehead atoms. The molecule has 0 saturated carbocycles. The zero-order chi connectivity index (χ0) is 17.0. The first kappa shape index (κ1) is 16.7. The Bertz CT molecular complexity index is 630. The first-order valence-corrected chi connectivity index (χ1v) is 7.37. The van der Waals surface area contributed by atoms with E-state index in [1.165, 1.54) is 12.1 Å². The molecule has 0 aliphatic carbocycles. The highest BCUT2D eigenvalue weighted by molar-refractivity contribution is 5.95. The monoisotopic (exact) mass is 322 g/mol. The SMILES string of the molecule is CCOC(=O)[C@@H]1CCCN(c2ccc([N+](=O)[O-])cc2C(=O)O)C1. The number of aromatic carboxylic acids is 1. The third-order valence-corrected chi connectivity index (χ3v) is 3.80. The van der Waals surface area contributed by atoms with Crippen LogP contribution in [0, 0.1) is 16.0 Å². The van der Waals surface area contributed by atoms with Gasteiger partial charge < -0.3 is 14.7 Å². The fourth-order valence-corrected chi connectivity index (χ4v) is 2.73. The predicted molar refractivity (Wildman–Crippen MR) is 81.6 cm³/mol. The van der Waals surface area contributed by atoms with Crippen LogP contribution in [-0.4, -0.2) is 41.7 Å². The number of nitro groups is 1. The van der Waals surface area contributed by atoms with E-state index < -0.39 is 10.9 Å². The summed E-state index contributed by atoms with van der Waals surface area (Å²) in [7, 11) is 0. The minimum Gasteiger partial charge on any atom is -0.478 e. The van der Waals surface area contributed by atoms with Crippen molar-refractivity contribution in [3.8, 4) is 0 Å². The summed E-state index contributed by atoms with van der Waals surface area (Å²) in [5, 5.41) is 20.1. The highest BCUT2D eigenvalue weighted by atomic mass is 16.6. The van der Waals surface area contributed by atoms with Gasteiger partial charge >= 0.3 is 11.9 Å². The van der Waals surface area contributed by atoms with Crippen LogP contribution < -0.4 is 4.90 Å². The van der Waals surface area contributed by atoms with Crippen LogP contribution in [0.25, 0.3) is 0 Å². The molecule has 23 heavy (non-hydrogen) atoms. The maximum absolute atomic E-state index is 11.9. The molecule has 0 unspecified atom stereocenters. The van der Waals surface area contributed by atoms with E-state index in [-0.39, 0.29) is 23.1 Å². The number of rotatable bonds is 5. The minimum absolute atomic E-state index is 0.135. The molecule has 1 aromatic carbocycles. The summed E-state index contributed by atoms with van der Waals surface area (Å²) >= 11 is 0. The quantitative estimate of drug-likeness (QED) is 0.502. The number of non-ortho nitro benzene ring substituents is 1. The Morgan fingerprint density at radius 1 is 1.48 bits per heavy atom. The fourth-order valence-electron chi connectivity index (χ4n) is 2.73. The Balaban J connectivity index is 2.28. The highest BCUT2D eigenvalue weighted by Gasteiger charge is 2.29. The van der Waals surface area contributed by atoms with Gasteiger partial charge in [0.15, 0.2) is 0 Å². The Kier molecular flexibility index (Phi) is 5.15. The molecule has 1 atom stereocenters. The van der Waals surface area contributed by atoms with E-state index in [1.54, 1.807) is 11.8 Å². The molecule has 124 valence electrons. The van der Waals surface area contributed by atoms with Crippen molar-refractivity contribution in [3.63, 3.8) is 0 Å². The number of hydrogen-bond acceptors (Lipinski definition) is 6. The number of esters is 1. The number of hydrogen-bond donors (Lipinski definition) is 1. The topological polar surface area (TPSA) is 110 Å². The molecule has 1 saturated heterocycles. The lowest BCUT2D eigenvalue weighted by Gasteiger charge is -2.33. The fraction of sp³-hybridized carbons (Fsp3) is 0.467. The van der Waals surface area contributed by atoms with Crippen molar-refractivity contribution in [1.29, 1.82) is 0 Å². The number of benzene rings is 1. The largest absolute Gasteiger partial charge is 0.478 e. The second-order valence-corrected chi connectivity index (χ2v) is 5.30. The number of piperidine rings is 1. The van der Waals surface area contributed by atoms with Gasteiger partial charge in [0.2, 0.25) is 0 Å². The van der Waals surface area contributed by atoms with Gasteiger partial charge in [-0.3, -0.25) is 14.9 Å². The molecule has 1 fully saturated rings. The summed E-state index contributed by atoms with van der Waals surface area (Å²) in [5.74, 6) is -1.85. The van der Waals surface area contributed by atoms with Gasteiger partial charge in [-0.25, -0.2) is 4.79 Å². The summed E-state index contributed by atoms with van der Waals surface area (Å²) < 4.78 is 5.02. The van der Waals surface area contributed by atoms with E-state index in [4.69, 9.17) is 4.74 Å². The van der Waals surface area contributed by atoms with Crippen LogP contribution >= 0.6 is 0 Å². The number of nitrogens with zero attached hydrogens (tertiary/aromatic N) is 2. The van der Waals surface area contributed by atoms with Crippen molar-refractivity contribution in [2.75, 3.05) is 24.6 Å². The number of anilines is 1. The molecule has 0 spiro atoms. The number of ether oxygens (including phenoxy) is 1. The first-order valence-electron chi connectivity index (χ1n) is 7.37. The molecule has 0 amide bonds. The normalized spacial score (nSPS) is 17.6. The van der Waals surface area contributed by atoms with Crippen molar-refractivity contribution in [1.82, 2.24) is 0 Å². The van der Waals surface area contributed by atoms with Crippen LogP contribution in [0.5, 0.6) is 0 Å². The smallest absolute Gasteiger partial charge is 0.338 e. The van der Waals surface area contributed by atoms with E-state index in [9.17, 15) is 24.8 Å². The maximum atomic E-state index is 11.9. The predicted octanol–water partition coefficient (Wildman–Crippen LogP) is 2.07. The van der Waals surface area contributed by atoms with Crippen molar-refractivity contribution >= 4 is 23.3 Å². The molecule has 1 aliphatic rings. The lowest BCUT2D eigenvalue weighted by Crippen LogP contribution is -2.40. The van der Waals surface area contributed by atoms with Crippen molar-refractivity contribution in [3.05, 3.63) is 33.9 Å². The number of nitro benzene ring substituents is 1. The molecule has 1 aromatic rings. The molecular weight excluding hydrogens is 304 g/mol. The Hall–Kier alpha value is -2.64. The molecule has 0 aromatic heterocycles. The van der Waals surface area contributed by atoms with Crippen LogP contribution in [0.1, 0.15) is 30.1 Å². The van der Waals surface area contributed by atoms with Crippen LogP contribution in [0.3, 0.4) is 0 Å². The third kappa shape index (κ3) is 3.77. The van der Waals surface area contributed by atoms with Gasteiger partial charge in [0.1, 0.15) is 0 Å². The van der Waals surface area contributed by atoms with E-state index in [1.807, 2.05) is 0 Å². The van der Waals surface area contributed by atoms with Crippen LogP contribution in [0.2, 0.25) is 0 Å². The Labute approximate surface area is 132 Å². The lowest BCUT2D eigenvalue weighted by atomic mass is 9.97. The van der Waals surface area contributed by atoms with Crippen molar-refractivity contribution < 1.29 is 24.4 Å². The summed E-state index contributed by atoms with van der Waals surface area (Å²) in [4.78, 5) is 35.3. The van der Waals surface area contributed by atoms with E-state index >= 15 is 0 Å². The second kappa shape index (κ2) is 7.08. The standard InChI is InChI=1S/C15H18N2O6/c1-2-23-15(20)10-4-3-7-16(9-10)13-6-5-11(17(21)22)8-12(13)14(18)19/h5-6,8,10H,2-4,7,9H2,1H3,(H,18,19)/t10-/m1/s1. The molecule has 0 radical (unpaired) electrons. The van der Waals surface area contributed by atoms with Crippen molar-refractivity contribution in [2.24, 2.45) is 5.92 Å². The summed E-state index contributed by atoms with van der Waals surface area (Å²) in [6.07, 6.45) is 1.41.